The summed E-state index contributed by atoms with van der Waals surface area (Å²) in [6.45, 7) is 2.93. The number of hydrogen-bond donors (Lipinski definition) is 2. The Bertz CT molecular complexity index is 1180. The van der Waals surface area contributed by atoms with Crippen molar-refractivity contribution in [2.75, 3.05) is 49.9 Å². The molecule has 0 aliphatic heterocycles. The SMILES string of the molecule is CCNc1ccc(C(O)(c2ccc(N(C)C)cc2)c2ccc(N(C)C)cc2)c2ccccc12. The minimum Gasteiger partial charge on any atom is -0.385 e. The van der Waals surface area contributed by atoms with E-state index < -0.39 is 5.60 Å². The minimum absolute atomic E-state index is 0.839. The fourth-order valence-electron chi connectivity index (χ4n) is 4.44. The van der Waals surface area contributed by atoms with Gasteiger partial charge in [-0.05, 0) is 53.8 Å². The van der Waals surface area contributed by atoms with Gasteiger partial charge in [-0.1, -0.05) is 54.6 Å². The van der Waals surface area contributed by atoms with Gasteiger partial charge in [0.15, 0.2) is 0 Å². The smallest absolute Gasteiger partial charge is 0.141 e. The van der Waals surface area contributed by atoms with E-state index in [-0.39, 0.29) is 0 Å². The Morgan fingerprint density at radius 3 is 1.61 bits per heavy atom. The van der Waals surface area contributed by atoms with Crippen molar-refractivity contribution in [3.05, 3.63) is 102 Å². The number of nitrogens with one attached hydrogen (secondary N) is 1. The first kappa shape index (κ1) is 22.7. The van der Waals surface area contributed by atoms with Gasteiger partial charge in [0.1, 0.15) is 5.60 Å². The number of rotatable bonds is 7. The van der Waals surface area contributed by atoms with Gasteiger partial charge in [0.25, 0.3) is 0 Å². The third kappa shape index (κ3) is 4.14. The first-order valence-corrected chi connectivity index (χ1v) is 11.4. The molecule has 4 rings (SSSR count). The summed E-state index contributed by atoms with van der Waals surface area (Å²) in [6, 6.07) is 28.8. The Balaban J connectivity index is 1.98. The van der Waals surface area contributed by atoms with E-state index in [2.05, 4.69) is 70.6 Å². The van der Waals surface area contributed by atoms with Gasteiger partial charge in [-0.2, -0.15) is 0 Å². The van der Waals surface area contributed by atoms with Crippen LogP contribution in [0.3, 0.4) is 0 Å². The van der Waals surface area contributed by atoms with Gasteiger partial charge < -0.3 is 20.2 Å². The zero-order chi connectivity index (χ0) is 23.6. The van der Waals surface area contributed by atoms with Gasteiger partial charge in [0, 0.05) is 62.7 Å². The van der Waals surface area contributed by atoms with Crippen LogP contribution in [0.4, 0.5) is 17.1 Å². The van der Waals surface area contributed by atoms with Crippen LogP contribution in [-0.4, -0.2) is 39.8 Å². The molecular weight excluding hydrogens is 406 g/mol. The molecule has 0 aromatic heterocycles. The van der Waals surface area contributed by atoms with E-state index >= 15 is 0 Å². The fraction of sp³-hybridized carbons (Fsp3) is 0.241. The maximum atomic E-state index is 12.6. The van der Waals surface area contributed by atoms with Gasteiger partial charge in [-0.3, -0.25) is 0 Å². The van der Waals surface area contributed by atoms with Crippen LogP contribution in [0.2, 0.25) is 0 Å². The van der Waals surface area contributed by atoms with Gasteiger partial charge in [0.2, 0.25) is 0 Å². The summed E-state index contributed by atoms with van der Waals surface area (Å²) in [5.74, 6) is 0. The van der Waals surface area contributed by atoms with E-state index in [1.54, 1.807) is 0 Å². The molecule has 4 aromatic rings. The molecule has 0 amide bonds. The van der Waals surface area contributed by atoms with Crippen molar-refractivity contribution in [3.8, 4) is 0 Å². The lowest BCUT2D eigenvalue weighted by Gasteiger charge is -2.32. The van der Waals surface area contributed by atoms with E-state index in [1.807, 2.05) is 64.6 Å². The van der Waals surface area contributed by atoms with E-state index in [9.17, 15) is 5.11 Å². The first-order valence-electron chi connectivity index (χ1n) is 11.4. The third-order valence-electron chi connectivity index (χ3n) is 6.28. The average molecular weight is 440 g/mol. The number of fused-ring (bicyclic) bond motifs is 1. The number of anilines is 3. The molecule has 0 atom stereocenters. The molecule has 0 heterocycles. The molecule has 0 unspecified atom stereocenters. The largest absolute Gasteiger partial charge is 0.385 e. The zero-order valence-corrected chi connectivity index (χ0v) is 20.1. The second-order valence-electron chi connectivity index (χ2n) is 8.83. The molecule has 170 valence electrons. The molecule has 33 heavy (non-hydrogen) atoms. The highest BCUT2D eigenvalue weighted by atomic mass is 16.3. The number of nitrogens with zero attached hydrogens (tertiary/aromatic N) is 2. The Labute approximate surface area is 197 Å². The summed E-state index contributed by atoms with van der Waals surface area (Å²) < 4.78 is 0. The number of aliphatic hydroxyl groups is 1. The summed E-state index contributed by atoms with van der Waals surface area (Å²) in [6.07, 6.45) is 0. The Kier molecular flexibility index (Phi) is 6.30. The van der Waals surface area contributed by atoms with Crippen molar-refractivity contribution in [1.82, 2.24) is 0 Å². The predicted molar refractivity (Wildman–Crippen MR) is 142 cm³/mol. The summed E-state index contributed by atoms with van der Waals surface area (Å²) in [4.78, 5) is 4.13. The molecule has 4 nitrogen and oxygen atoms in total. The molecule has 2 N–H and O–H groups in total. The van der Waals surface area contributed by atoms with Crippen LogP contribution in [0.15, 0.2) is 84.9 Å². The zero-order valence-electron chi connectivity index (χ0n) is 20.1. The molecule has 4 aromatic carbocycles. The molecule has 0 radical (unpaired) electrons. The lowest BCUT2D eigenvalue weighted by Crippen LogP contribution is -2.29. The van der Waals surface area contributed by atoms with Gasteiger partial charge in [-0.15, -0.1) is 0 Å². The van der Waals surface area contributed by atoms with Crippen molar-refractivity contribution in [1.29, 1.82) is 0 Å². The maximum Gasteiger partial charge on any atom is 0.141 e. The quantitative estimate of drug-likeness (QED) is 0.363. The molecule has 0 spiro atoms. The Morgan fingerprint density at radius 2 is 1.15 bits per heavy atom. The maximum absolute atomic E-state index is 12.6. The lowest BCUT2D eigenvalue weighted by molar-refractivity contribution is 0.127. The summed E-state index contributed by atoms with van der Waals surface area (Å²) in [7, 11) is 8.09. The molecular formula is C29H33N3O. The van der Waals surface area contributed by atoms with Crippen LogP contribution >= 0.6 is 0 Å². The van der Waals surface area contributed by atoms with E-state index in [0.29, 0.717) is 0 Å². The molecule has 4 heteroatoms. The van der Waals surface area contributed by atoms with Crippen LogP contribution in [0, 0.1) is 0 Å². The molecule has 0 aliphatic rings. The fourth-order valence-corrected chi connectivity index (χ4v) is 4.44. The number of hydrogen-bond acceptors (Lipinski definition) is 4. The van der Waals surface area contributed by atoms with E-state index in [0.717, 1.165) is 51.1 Å². The van der Waals surface area contributed by atoms with Crippen molar-refractivity contribution in [2.45, 2.75) is 12.5 Å². The van der Waals surface area contributed by atoms with Crippen molar-refractivity contribution >= 4 is 27.8 Å². The summed E-state index contributed by atoms with van der Waals surface area (Å²) in [5, 5.41) is 18.1. The van der Waals surface area contributed by atoms with Gasteiger partial charge in [-0.25, -0.2) is 0 Å². The number of benzene rings is 4. The lowest BCUT2D eigenvalue weighted by atomic mass is 9.78. The summed E-state index contributed by atoms with van der Waals surface area (Å²) >= 11 is 0. The third-order valence-corrected chi connectivity index (χ3v) is 6.28. The minimum atomic E-state index is -1.31. The topological polar surface area (TPSA) is 38.7 Å². The van der Waals surface area contributed by atoms with Crippen LogP contribution in [0.5, 0.6) is 0 Å². The van der Waals surface area contributed by atoms with Crippen LogP contribution in [0.1, 0.15) is 23.6 Å². The predicted octanol–water partition coefficient (Wildman–Crippen LogP) is 5.69. The standard InChI is InChI=1S/C29H33N3O/c1-6-30-28-20-19-27(25-9-7-8-10-26(25)28)29(33,21-11-15-23(16-12-21)31(2)3)22-13-17-24(18-14-22)32(4)5/h7-20,30,33H,6H2,1-5H3. The molecule has 0 saturated heterocycles. The van der Waals surface area contributed by atoms with Crippen molar-refractivity contribution < 1.29 is 5.11 Å². The molecule has 0 aliphatic carbocycles. The van der Waals surface area contributed by atoms with Gasteiger partial charge in [0.05, 0.1) is 0 Å². The molecule has 0 fully saturated rings. The highest BCUT2D eigenvalue weighted by molar-refractivity contribution is 5.97. The highest BCUT2D eigenvalue weighted by Gasteiger charge is 2.35. The van der Waals surface area contributed by atoms with Crippen molar-refractivity contribution in [2.24, 2.45) is 0 Å². The Morgan fingerprint density at radius 1 is 0.667 bits per heavy atom. The average Bonchev–Trinajstić information content (AvgIpc) is 2.84. The first-order chi connectivity index (χ1) is 15.9. The normalized spacial score (nSPS) is 11.5. The monoisotopic (exact) mass is 439 g/mol. The van der Waals surface area contributed by atoms with Crippen LogP contribution in [0.25, 0.3) is 10.8 Å². The van der Waals surface area contributed by atoms with E-state index in [1.165, 1.54) is 0 Å². The van der Waals surface area contributed by atoms with Crippen LogP contribution < -0.4 is 15.1 Å². The van der Waals surface area contributed by atoms with Gasteiger partial charge >= 0.3 is 0 Å². The van der Waals surface area contributed by atoms with Crippen LogP contribution in [-0.2, 0) is 5.60 Å². The second-order valence-corrected chi connectivity index (χ2v) is 8.83. The summed E-state index contributed by atoms with van der Waals surface area (Å²) in [5.41, 5.74) is 4.51. The van der Waals surface area contributed by atoms with Crippen molar-refractivity contribution in [3.63, 3.8) is 0 Å². The molecule has 0 bridgehead atoms. The highest BCUT2D eigenvalue weighted by Crippen LogP contribution is 2.42. The second kappa shape index (κ2) is 9.16. The molecule has 0 saturated carbocycles. The van der Waals surface area contributed by atoms with E-state index in [4.69, 9.17) is 0 Å². The Hall–Kier alpha value is -3.50.